The minimum atomic E-state index is -0.772. The van der Waals surface area contributed by atoms with Crippen molar-refractivity contribution in [3.63, 3.8) is 0 Å². The van der Waals surface area contributed by atoms with E-state index < -0.39 is 17.7 Å². The number of carbonyl (C=O) groups is 2. The van der Waals surface area contributed by atoms with Crippen LogP contribution in [0.2, 0.25) is 0 Å². The summed E-state index contributed by atoms with van der Waals surface area (Å²) in [5.74, 6) is -0.114. The third kappa shape index (κ3) is 5.14. The zero-order valence-electron chi connectivity index (χ0n) is 21.7. The number of ketones is 1. The molecule has 2 aliphatic heterocycles. The van der Waals surface area contributed by atoms with Gasteiger partial charge < -0.3 is 19.5 Å². The van der Waals surface area contributed by atoms with Gasteiger partial charge >= 0.3 is 0 Å². The van der Waals surface area contributed by atoms with E-state index in [9.17, 15) is 14.7 Å². The molecule has 1 saturated heterocycles. The Hall–Kier alpha value is -4.13. The van der Waals surface area contributed by atoms with Gasteiger partial charge in [0.25, 0.3) is 11.7 Å². The van der Waals surface area contributed by atoms with E-state index in [1.54, 1.807) is 24.5 Å². The number of benzene rings is 2. The largest absolute Gasteiger partial charge is 0.507 e. The Bertz CT molecular complexity index is 1370. The number of nitrogens with zero attached hydrogens (tertiary/aromatic N) is 2. The van der Waals surface area contributed by atoms with E-state index >= 15 is 0 Å². The molecule has 1 amide bonds. The summed E-state index contributed by atoms with van der Waals surface area (Å²) in [5, 5.41) is 11.5. The molecule has 0 bridgehead atoms. The number of rotatable bonds is 9. The summed E-state index contributed by atoms with van der Waals surface area (Å²) >= 11 is 0. The third-order valence-corrected chi connectivity index (χ3v) is 7.00. The van der Waals surface area contributed by atoms with Crippen molar-refractivity contribution in [3.05, 3.63) is 94.8 Å². The summed E-state index contributed by atoms with van der Waals surface area (Å²) in [6.07, 6.45) is 7.19. The van der Waals surface area contributed by atoms with Gasteiger partial charge in [0, 0.05) is 30.9 Å². The lowest BCUT2D eigenvalue weighted by molar-refractivity contribution is -0.140. The molecule has 2 unspecified atom stereocenters. The number of ether oxygens (including phenoxy) is 2. The standard InChI is InChI=1S/C31H32N2O5/c1-3-4-5-15-37-25-8-6-7-22(18-25)28-27(29(34)23-9-10-26-24(17-23)16-20(2)38-26)30(35)31(36)33(28)19-21-11-13-32-14-12-21/h6-14,17-18,20,28,34H,3-5,15-16,19H2,1-2H3/b29-27-. The van der Waals surface area contributed by atoms with Crippen LogP contribution in [0.4, 0.5) is 0 Å². The molecule has 196 valence electrons. The molecule has 0 spiro atoms. The smallest absolute Gasteiger partial charge is 0.295 e. The van der Waals surface area contributed by atoms with E-state index in [0.717, 1.165) is 36.1 Å². The van der Waals surface area contributed by atoms with Gasteiger partial charge in [-0.1, -0.05) is 31.9 Å². The molecule has 38 heavy (non-hydrogen) atoms. The molecule has 2 aromatic carbocycles. The Kier molecular flexibility index (Phi) is 7.45. The van der Waals surface area contributed by atoms with Crippen molar-refractivity contribution >= 4 is 17.4 Å². The molecule has 1 aromatic heterocycles. The summed E-state index contributed by atoms with van der Waals surface area (Å²) in [4.78, 5) is 32.4. The van der Waals surface area contributed by atoms with Crippen LogP contribution >= 0.6 is 0 Å². The zero-order valence-corrected chi connectivity index (χ0v) is 21.7. The quantitative estimate of drug-likeness (QED) is 0.174. The Balaban J connectivity index is 1.56. The van der Waals surface area contributed by atoms with Crippen molar-refractivity contribution in [1.82, 2.24) is 9.88 Å². The lowest BCUT2D eigenvalue weighted by Crippen LogP contribution is -2.29. The number of aromatic nitrogens is 1. The van der Waals surface area contributed by atoms with Crippen LogP contribution in [0.1, 0.15) is 61.4 Å². The number of amides is 1. The van der Waals surface area contributed by atoms with E-state index in [1.807, 2.05) is 49.4 Å². The van der Waals surface area contributed by atoms with Crippen LogP contribution in [0, 0.1) is 0 Å². The van der Waals surface area contributed by atoms with Crippen molar-refractivity contribution in [2.45, 2.75) is 58.2 Å². The van der Waals surface area contributed by atoms with Crippen LogP contribution in [-0.4, -0.2) is 39.4 Å². The second-order valence-corrected chi connectivity index (χ2v) is 9.87. The lowest BCUT2D eigenvalue weighted by Gasteiger charge is -2.26. The first-order valence-electron chi connectivity index (χ1n) is 13.2. The molecule has 7 nitrogen and oxygen atoms in total. The maximum absolute atomic E-state index is 13.4. The highest BCUT2D eigenvalue weighted by atomic mass is 16.5. The first kappa shape index (κ1) is 25.5. The van der Waals surface area contributed by atoms with E-state index in [2.05, 4.69) is 11.9 Å². The van der Waals surface area contributed by atoms with Gasteiger partial charge in [0.2, 0.25) is 0 Å². The number of aliphatic hydroxyl groups excluding tert-OH is 1. The monoisotopic (exact) mass is 512 g/mol. The topological polar surface area (TPSA) is 89.0 Å². The number of hydrogen-bond donors (Lipinski definition) is 1. The second-order valence-electron chi connectivity index (χ2n) is 9.87. The number of unbranched alkanes of at least 4 members (excludes halogenated alkanes) is 2. The molecule has 3 heterocycles. The average molecular weight is 513 g/mol. The Morgan fingerprint density at radius 1 is 1.11 bits per heavy atom. The maximum atomic E-state index is 13.4. The van der Waals surface area contributed by atoms with Crippen LogP contribution in [0.25, 0.3) is 5.76 Å². The van der Waals surface area contributed by atoms with E-state index in [0.29, 0.717) is 29.9 Å². The summed E-state index contributed by atoms with van der Waals surface area (Å²) in [6, 6.07) is 15.7. The highest BCUT2D eigenvalue weighted by Crippen LogP contribution is 2.42. The van der Waals surface area contributed by atoms with E-state index in [4.69, 9.17) is 9.47 Å². The molecular formula is C31H32N2O5. The molecule has 1 N–H and O–H groups in total. The molecule has 0 radical (unpaired) electrons. The van der Waals surface area contributed by atoms with Crippen LogP contribution in [0.3, 0.4) is 0 Å². The summed E-state index contributed by atoms with van der Waals surface area (Å²) in [6.45, 7) is 4.92. The average Bonchev–Trinajstić information content (AvgIpc) is 3.42. The highest BCUT2D eigenvalue weighted by molar-refractivity contribution is 6.46. The van der Waals surface area contributed by atoms with Crippen LogP contribution in [0.15, 0.2) is 72.6 Å². The molecule has 2 atom stereocenters. The fourth-order valence-corrected chi connectivity index (χ4v) is 5.12. The number of pyridine rings is 1. The van der Waals surface area contributed by atoms with Gasteiger partial charge in [0.05, 0.1) is 18.2 Å². The molecule has 5 rings (SSSR count). The SMILES string of the molecule is CCCCCOc1cccc(C2/C(=C(/O)c3ccc4c(c3)CC(C)O4)C(=O)C(=O)N2Cc2ccncc2)c1. The van der Waals surface area contributed by atoms with Gasteiger partial charge in [-0.3, -0.25) is 14.6 Å². The summed E-state index contributed by atoms with van der Waals surface area (Å²) < 4.78 is 11.8. The van der Waals surface area contributed by atoms with Crippen LogP contribution in [0.5, 0.6) is 11.5 Å². The number of fused-ring (bicyclic) bond motifs is 1. The van der Waals surface area contributed by atoms with Crippen molar-refractivity contribution in [2.24, 2.45) is 0 Å². The zero-order chi connectivity index (χ0) is 26.6. The van der Waals surface area contributed by atoms with Crippen LogP contribution < -0.4 is 9.47 Å². The first-order valence-corrected chi connectivity index (χ1v) is 13.2. The fraction of sp³-hybridized carbons (Fsp3) is 0.323. The van der Waals surface area contributed by atoms with Crippen LogP contribution in [-0.2, 0) is 22.6 Å². The first-order chi connectivity index (χ1) is 18.5. The summed E-state index contributed by atoms with van der Waals surface area (Å²) in [5.41, 5.74) is 3.06. The van der Waals surface area contributed by atoms with Gasteiger partial charge in [0.15, 0.2) is 0 Å². The van der Waals surface area contributed by atoms with Gasteiger partial charge in [-0.05, 0) is 72.5 Å². The van der Waals surface area contributed by atoms with Gasteiger partial charge in [-0.15, -0.1) is 0 Å². The maximum Gasteiger partial charge on any atom is 0.295 e. The second kappa shape index (κ2) is 11.1. The number of likely N-dealkylation sites (tertiary alicyclic amines) is 1. The third-order valence-electron chi connectivity index (χ3n) is 7.00. The molecule has 3 aromatic rings. The normalized spacial score (nSPS) is 19.9. The number of carbonyl (C=O) groups excluding carboxylic acids is 2. The summed E-state index contributed by atoms with van der Waals surface area (Å²) in [7, 11) is 0. The van der Waals surface area contributed by atoms with Gasteiger partial charge in [0.1, 0.15) is 23.4 Å². The van der Waals surface area contributed by atoms with Gasteiger partial charge in [-0.2, -0.15) is 0 Å². The molecule has 0 aliphatic carbocycles. The van der Waals surface area contributed by atoms with Gasteiger partial charge in [-0.25, -0.2) is 0 Å². The highest BCUT2D eigenvalue weighted by Gasteiger charge is 2.46. The fourth-order valence-electron chi connectivity index (χ4n) is 5.12. The molecule has 7 heteroatoms. The predicted octanol–water partition coefficient (Wildman–Crippen LogP) is 5.60. The van der Waals surface area contributed by atoms with E-state index in [1.165, 1.54) is 4.90 Å². The van der Waals surface area contributed by atoms with Crippen molar-refractivity contribution in [1.29, 1.82) is 0 Å². The number of aliphatic hydroxyl groups is 1. The Labute approximate surface area is 222 Å². The predicted molar refractivity (Wildman–Crippen MR) is 144 cm³/mol. The lowest BCUT2D eigenvalue weighted by atomic mass is 9.94. The molecular weight excluding hydrogens is 480 g/mol. The van der Waals surface area contributed by atoms with Crippen molar-refractivity contribution < 1.29 is 24.2 Å². The Morgan fingerprint density at radius 3 is 2.71 bits per heavy atom. The number of hydrogen-bond acceptors (Lipinski definition) is 6. The molecule has 1 fully saturated rings. The molecule has 0 saturated carbocycles. The minimum Gasteiger partial charge on any atom is -0.507 e. The minimum absolute atomic E-state index is 0.0494. The molecule has 2 aliphatic rings. The van der Waals surface area contributed by atoms with Crippen molar-refractivity contribution in [3.8, 4) is 11.5 Å². The Morgan fingerprint density at radius 2 is 1.92 bits per heavy atom. The van der Waals surface area contributed by atoms with Crippen molar-refractivity contribution in [2.75, 3.05) is 6.61 Å². The van der Waals surface area contributed by atoms with E-state index in [-0.39, 0.29) is 24.0 Å². The number of Topliss-reactive ketones (excluding diaryl/α,β-unsaturated/α-hetero) is 1.